The Hall–Kier alpha value is 0.966. The molecule has 0 N–H and O–H groups in total. The van der Waals surface area contributed by atoms with Crippen molar-refractivity contribution in [1.82, 2.24) is 0 Å². The molecule has 0 aliphatic rings. The van der Waals surface area contributed by atoms with Crippen LogP contribution >= 0.6 is 12.6 Å². The molecule has 0 aliphatic heterocycles. The standard InChI is InChI=1S/C8H20O3SSi.Cu/c1-4-9-13(8-7-12,10-5-2)11-6-3;/h12H,4-8H2,1-3H3;. The van der Waals surface area contributed by atoms with E-state index in [0.29, 0.717) is 19.8 Å². The Balaban J connectivity index is 0. The summed E-state index contributed by atoms with van der Waals surface area (Å²) in [5, 5.41) is 0. The van der Waals surface area contributed by atoms with Crippen molar-refractivity contribution >= 4 is 21.4 Å². The summed E-state index contributed by atoms with van der Waals surface area (Å²) in [5.41, 5.74) is 0. The van der Waals surface area contributed by atoms with E-state index >= 15 is 0 Å². The minimum atomic E-state index is -2.37. The van der Waals surface area contributed by atoms with Crippen LogP contribution in [0.3, 0.4) is 0 Å². The number of thiol groups is 1. The third-order valence-corrected chi connectivity index (χ3v) is 5.20. The van der Waals surface area contributed by atoms with Gasteiger partial charge in [-0.3, -0.25) is 0 Å². The molecule has 91 valence electrons. The Morgan fingerprint density at radius 3 is 1.50 bits per heavy atom. The molecule has 0 spiro atoms. The van der Waals surface area contributed by atoms with Crippen LogP contribution in [0.5, 0.6) is 0 Å². The van der Waals surface area contributed by atoms with Crippen LogP contribution in [-0.2, 0) is 30.3 Å². The SMILES string of the molecule is CCO[Si](CCS)(OCC)OCC.[Cu]. The Kier molecular flexibility index (Phi) is 13.0. The molecule has 0 saturated heterocycles. The zero-order valence-corrected chi connectivity index (χ0v) is 11.8. The summed E-state index contributed by atoms with van der Waals surface area (Å²) in [6, 6.07) is 0.783. The van der Waals surface area contributed by atoms with Gasteiger partial charge in [-0.1, -0.05) is 0 Å². The maximum atomic E-state index is 5.60. The second kappa shape index (κ2) is 10.5. The molecule has 0 aliphatic carbocycles. The average molecular weight is 288 g/mol. The molecule has 0 aromatic carbocycles. The normalized spacial score (nSPS) is 11.1. The van der Waals surface area contributed by atoms with E-state index in [0.717, 1.165) is 11.8 Å². The van der Waals surface area contributed by atoms with E-state index in [9.17, 15) is 0 Å². The molecule has 6 heteroatoms. The quantitative estimate of drug-likeness (QED) is 0.546. The molecule has 0 fully saturated rings. The van der Waals surface area contributed by atoms with E-state index in [-0.39, 0.29) is 17.1 Å². The van der Waals surface area contributed by atoms with Gasteiger partial charge in [0.15, 0.2) is 0 Å². The average Bonchev–Trinajstić information content (AvgIpc) is 2.06. The van der Waals surface area contributed by atoms with Crippen LogP contribution in [0.2, 0.25) is 6.04 Å². The van der Waals surface area contributed by atoms with Crippen LogP contribution in [0.25, 0.3) is 0 Å². The Bertz CT molecular complexity index is 99.6. The van der Waals surface area contributed by atoms with E-state index in [1.54, 1.807) is 0 Å². The van der Waals surface area contributed by atoms with E-state index < -0.39 is 8.80 Å². The Labute approximate surface area is 104 Å². The monoisotopic (exact) mass is 287 g/mol. The first-order valence-electron chi connectivity index (χ1n) is 4.77. The smallest absolute Gasteiger partial charge is 0.374 e. The van der Waals surface area contributed by atoms with Gasteiger partial charge in [-0.05, 0) is 26.5 Å². The maximum absolute atomic E-state index is 5.60. The van der Waals surface area contributed by atoms with Crippen molar-refractivity contribution < 1.29 is 30.3 Å². The predicted molar refractivity (Wildman–Crippen MR) is 59.3 cm³/mol. The molecule has 3 nitrogen and oxygen atoms in total. The van der Waals surface area contributed by atoms with Crippen LogP contribution in [-0.4, -0.2) is 34.4 Å². The summed E-state index contributed by atoms with van der Waals surface area (Å²) in [4.78, 5) is 0. The first-order chi connectivity index (χ1) is 6.24. The van der Waals surface area contributed by atoms with Crippen LogP contribution in [0.15, 0.2) is 0 Å². The fourth-order valence-electron chi connectivity index (χ4n) is 1.14. The van der Waals surface area contributed by atoms with Gasteiger partial charge in [0.05, 0.1) is 0 Å². The van der Waals surface area contributed by atoms with Crippen LogP contribution in [0.1, 0.15) is 20.8 Å². The van der Waals surface area contributed by atoms with Gasteiger partial charge in [-0.25, -0.2) is 0 Å². The second-order valence-electron chi connectivity index (χ2n) is 2.46. The molecule has 1 radical (unpaired) electrons. The van der Waals surface area contributed by atoms with Crippen molar-refractivity contribution in [2.24, 2.45) is 0 Å². The largest absolute Gasteiger partial charge is 0.501 e. The van der Waals surface area contributed by atoms with Crippen LogP contribution in [0.4, 0.5) is 0 Å². The molecule has 0 saturated carbocycles. The molecule has 14 heavy (non-hydrogen) atoms. The molecule has 0 aromatic rings. The molecule has 0 atom stereocenters. The molecule has 0 unspecified atom stereocenters. The van der Waals surface area contributed by atoms with E-state index in [1.807, 2.05) is 20.8 Å². The molecular formula is C8H20CuO3SSi. The summed E-state index contributed by atoms with van der Waals surface area (Å²) in [7, 11) is -2.37. The third kappa shape index (κ3) is 6.45. The summed E-state index contributed by atoms with van der Waals surface area (Å²) in [6.45, 7) is 7.79. The van der Waals surface area contributed by atoms with Crippen molar-refractivity contribution in [3.63, 3.8) is 0 Å². The van der Waals surface area contributed by atoms with Crippen molar-refractivity contribution in [3.8, 4) is 0 Å². The Morgan fingerprint density at radius 1 is 0.929 bits per heavy atom. The van der Waals surface area contributed by atoms with Crippen molar-refractivity contribution in [2.45, 2.75) is 26.8 Å². The van der Waals surface area contributed by atoms with Gasteiger partial charge in [0, 0.05) is 42.9 Å². The minimum absolute atomic E-state index is 0. The molecular weight excluding hydrogens is 268 g/mol. The van der Waals surface area contributed by atoms with Crippen LogP contribution < -0.4 is 0 Å². The minimum Gasteiger partial charge on any atom is -0.374 e. The van der Waals surface area contributed by atoms with Crippen molar-refractivity contribution in [3.05, 3.63) is 0 Å². The van der Waals surface area contributed by atoms with Gasteiger partial charge in [0.1, 0.15) is 0 Å². The topological polar surface area (TPSA) is 27.7 Å². The molecule has 0 heterocycles. The summed E-state index contributed by atoms with van der Waals surface area (Å²) >= 11 is 4.19. The Morgan fingerprint density at radius 2 is 1.29 bits per heavy atom. The zero-order chi connectivity index (χ0) is 10.2. The zero-order valence-electron chi connectivity index (χ0n) is 9.01. The van der Waals surface area contributed by atoms with Crippen molar-refractivity contribution in [1.29, 1.82) is 0 Å². The van der Waals surface area contributed by atoms with Gasteiger partial charge in [0.25, 0.3) is 0 Å². The molecule has 0 aromatic heterocycles. The van der Waals surface area contributed by atoms with Gasteiger partial charge in [-0.15, -0.1) is 0 Å². The number of hydrogen-bond acceptors (Lipinski definition) is 4. The first-order valence-corrected chi connectivity index (χ1v) is 7.33. The maximum Gasteiger partial charge on any atom is 0.501 e. The first kappa shape index (κ1) is 17.4. The number of rotatable bonds is 8. The summed E-state index contributed by atoms with van der Waals surface area (Å²) < 4.78 is 16.8. The summed E-state index contributed by atoms with van der Waals surface area (Å²) in [5.74, 6) is 0.742. The second-order valence-corrected chi connectivity index (χ2v) is 5.63. The molecule has 0 bridgehead atoms. The molecule has 0 rings (SSSR count). The van der Waals surface area contributed by atoms with E-state index in [1.165, 1.54) is 0 Å². The molecule has 0 amide bonds. The van der Waals surface area contributed by atoms with Gasteiger partial charge in [0.2, 0.25) is 0 Å². The van der Waals surface area contributed by atoms with E-state index in [4.69, 9.17) is 13.3 Å². The predicted octanol–water partition coefficient (Wildman–Crippen LogP) is 1.96. The third-order valence-electron chi connectivity index (χ3n) is 1.51. The number of hydrogen-bond donors (Lipinski definition) is 1. The fraction of sp³-hybridized carbons (Fsp3) is 1.00. The van der Waals surface area contributed by atoms with Gasteiger partial charge in [-0.2, -0.15) is 12.6 Å². The fourth-order valence-corrected chi connectivity index (χ4v) is 4.24. The van der Waals surface area contributed by atoms with E-state index in [2.05, 4.69) is 12.6 Å². The summed E-state index contributed by atoms with van der Waals surface area (Å²) in [6.07, 6.45) is 0. The van der Waals surface area contributed by atoms with Crippen LogP contribution in [0, 0.1) is 0 Å². The van der Waals surface area contributed by atoms with Gasteiger partial charge >= 0.3 is 8.80 Å². The van der Waals surface area contributed by atoms with Gasteiger partial charge < -0.3 is 13.3 Å². The van der Waals surface area contributed by atoms with Crippen molar-refractivity contribution in [2.75, 3.05) is 25.6 Å².